The Morgan fingerprint density at radius 3 is 2.87 bits per heavy atom. The van der Waals surface area contributed by atoms with Crippen molar-refractivity contribution in [2.45, 2.75) is 6.92 Å². The highest BCUT2D eigenvalue weighted by molar-refractivity contribution is 14.1. The van der Waals surface area contributed by atoms with E-state index in [2.05, 4.69) is 15.0 Å². The van der Waals surface area contributed by atoms with Crippen LogP contribution in [0.5, 0.6) is 0 Å². The van der Waals surface area contributed by atoms with Crippen LogP contribution in [0.15, 0.2) is 29.3 Å². The Kier molecular flexibility index (Phi) is 2.81. The van der Waals surface area contributed by atoms with Gasteiger partial charge in [0.25, 0.3) is 5.56 Å². The lowest BCUT2D eigenvalue weighted by Gasteiger charge is -2.02. The SMILES string of the molecule is Cc1nc(-c2cccnc2)[nH]c(=O)c1I. The van der Waals surface area contributed by atoms with Gasteiger partial charge in [0.1, 0.15) is 5.82 Å². The van der Waals surface area contributed by atoms with Crippen molar-refractivity contribution in [3.8, 4) is 11.4 Å². The Morgan fingerprint density at radius 1 is 1.47 bits per heavy atom. The average Bonchev–Trinajstić information content (AvgIpc) is 2.26. The molecule has 2 aromatic rings. The lowest BCUT2D eigenvalue weighted by molar-refractivity contribution is 1.05. The van der Waals surface area contributed by atoms with Crippen molar-refractivity contribution in [1.82, 2.24) is 15.0 Å². The average molecular weight is 313 g/mol. The number of H-pyrrole nitrogens is 1. The standard InChI is InChI=1S/C10H8IN3O/c1-6-8(11)10(15)14-9(13-6)7-3-2-4-12-5-7/h2-5H,1H3,(H,13,14,15). The number of pyridine rings is 1. The molecule has 0 bridgehead atoms. The molecule has 76 valence electrons. The largest absolute Gasteiger partial charge is 0.306 e. The van der Waals surface area contributed by atoms with Gasteiger partial charge in [0.15, 0.2) is 0 Å². The van der Waals surface area contributed by atoms with Gasteiger partial charge in [-0.3, -0.25) is 9.78 Å². The first-order valence-corrected chi connectivity index (χ1v) is 5.43. The zero-order valence-electron chi connectivity index (χ0n) is 7.99. The van der Waals surface area contributed by atoms with Crippen LogP contribution in [0.3, 0.4) is 0 Å². The predicted octanol–water partition coefficient (Wildman–Crippen LogP) is 1.74. The molecular formula is C10H8IN3O. The highest BCUT2D eigenvalue weighted by Crippen LogP contribution is 2.12. The van der Waals surface area contributed by atoms with Crippen LogP contribution in [0.2, 0.25) is 0 Å². The predicted molar refractivity (Wildman–Crippen MR) is 65.5 cm³/mol. The molecular weight excluding hydrogens is 305 g/mol. The van der Waals surface area contributed by atoms with E-state index in [0.717, 1.165) is 11.3 Å². The molecule has 15 heavy (non-hydrogen) atoms. The van der Waals surface area contributed by atoms with Gasteiger partial charge in [0, 0.05) is 18.0 Å². The first-order valence-electron chi connectivity index (χ1n) is 4.35. The summed E-state index contributed by atoms with van der Waals surface area (Å²) in [5.41, 5.74) is 1.44. The lowest BCUT2D eigenvalue weighted by Crippen LogP contribution is -2.14. The van der Waals surface area contributed by atoms with Gasteiger partial charge < -0.3 is 4.98 Å². The molecule has 4 nitrogen and oxygen atoms in total. The second-order valence-corrected chi connectivity index (χ2v) is 4.13. The van der Waals surface area contributed by atoms with Gasteiger partial charge in [-0.1, -0.05) is 0 Å². The monoisotopic (exact) mass is 313 g/mol. The third-order valence-corrected chi connectivity index (χ3v) is 3.23. The Balaban J connectivity index is 2.61. The summed E-state index contributed by atoms with van der Waals surface area (Å²) < 4.78 is 0.625. The Hall–Kier alpha value is -1.24. The van der Waals surface area contributed by atoms with Crippen LogP contribution < -0.4 is 5.56 Å². The van der Waals surface area contributed by atoms with Crippen molar-refractivity contribution < 1.29 is 0 Å². The van der Waals surface area contributed by atoms with E-state index in [-0.39, 0.29) is 5.56 Å². The summed E-state index contributed by atoms with van der Waals surface area (Å²) in [5.74, 6) is 0.561. The minimum Gasteiger partial charge on any atom is -0.306 e. The van der Waals surface area contributed by atoms with Crippen molar-refractivity contribution in [2.24, 2.45) is 0 Å². The molecule has 0 saturated carbocycles. The van der Waals surface area contributed by atoms with Crippen LogP contribution in [-0.2, 0) is 0 Å². The van der Waals surface area contributed by atoms with E-state index in [4.69, 9.17) is 0 Å². The van der Waals surface area contributed by atoms with Crippen molar-refractivity contribution in [1.29, 1.82) is 0 Å². The zero-order chi connectivity index (χ0) is 10.8. The van der Waals surface area contributed by atoms with Gasteiger partial charge in [-0.25, -0.2) is 4.98 Å². The molecule has 0 fully saturated rings. The Morgan fingerprint density at radius 2 is 2.27 bits per heavy atom. The fourth-order valence-corrected chi connectivity index (χ4v) is 1.47. The van der Waals surface area contributed by atoms with Gasteiger partial charge in [0.2, 0.25) is 0 Å². The van der Waals surface area contributed by atoms with E-state index < -0.39 is 0 Å². The number of nitrogens with one attached hydrogen (secondary N) is 1. The number of hydrogen-bond donors (Lipinski definition) is 1. The molecule has 5 heteroatoms. The van der Waals surface area contributed by atoms with Crippen molar-refractivity contribution in [3.63, 3.8) is 0 Å². The number of hydrogen-bond acceptors (Lipinski definition) is 3. The van der Waals surface area contributed by atoms with Crippen LogP contribution in [-0.4, -0.2) is 15.0 Å². The summed E-state index contributed by atoms with van der Waals surface area (Å²) in [6.45, 7) is 1.82. The normalized spacial score (nSPS) is 10.3. The van der Waals surface area contributed by atoms with Gasteiger partial charge in [-0.15, -0.1) is 0 Å². The van der Waals surface area contributed by atoms with E-state index in [9.17, 15) is 4.79 Å². The topological polar surface area (TPSA) is 58.6 Å². The summed E-state index contributed by atoms with van der Waals surface area (Å²) in [7, 11) is 0. The number of aryl methyl sites for hydroxylation is 1. The second kappa shape index (κ2) is 4.09. The maximum Gasteiger partial charge on any atom is 0.264 e. The van der Waals surface area contributed by atoms with Crippen molar-refractivity contribution >= 4 is 22.6 Å². The molecule has 0 atom stereocenters. The molecule has 0 saturated heterocycles. The lowest BCUT2D eigenvalue weighted by atomic mass is 10.2. The van der Waals surface area contributed by atoms with Gasteiger partial charge >= 0.3 is 0 Å². The molecule has 0 aromatic carbocycles. The van der Waals surface area contributed by atoms with Crippen LogP contribution in [0, 0.1) is 10.5 Å². The molecule has 0 aliphatic rings. The molecule has 2 aromatic heterocycles. The number of rotatable bonds is 1. The molecule has 2 rings (SSSR count). The quantitative estimate of drug-likeness (QED) is 0.816. The van der Waals surface area contributed by atoms with E-state index in [1.54, 1.807) is 12.4 Å². The minimum absolute atomic E-state index is 0.109. The van der Waals surface area contributed by atoms with E-state index in [0.29, 0.717) is 9.39 Å². The smallest absolute Gasteiger partial charge is 0.264 e. The summed E-state index contributed by atoms with van der Waals surface area (Å²) in [6.07, 6.45) is 3.35. The summed E-state index contributed by atoms with van der Waals surface area (Å²) in [6, 6.07) is 3.67. The molecule has 0 aliphatic heterocycles. The van der Waals surface area contributed by atoms with E-state index >= 15 is 0 Å². The molecule has 0 aliphatic carbocycles. The van der Waals surface area contributed by atoms with Crippen LogP contribution in [0.4, 0.5) is 0 Å². The summed E-state index contributed by atoms with van der Waals surface area (Å²) in [4.78, 5) is 22.5. The number of nitrogens with zero attached hydrogens (tertiary/aromatic N) is 2. The van der Waals surface area contributed by atoms with Crippen molar-refractivity contribution in [3.05, 3.63) is 44.1 Å². The third-order valence-electron chi connectivity index (χ3n) is 1.96. The molecule has 2 heterocycles. The fraction of sp³-hybridized carbons (Fsp3) is 0.100. The second-order valence-electron chi connectivity index (χ2n) is 3.06. The van der Waals surface area contributed by atoms with Gasteiger partial charge in [-0.05, 0) is 41.6 Å². The van der Waals surface area contributed by atoms with Crippen LogP contribution in [0.1, 0.15) is 5.69 Å². The number of halogens is 1. The number of aromatic amines is 1. The first kappa shape index (κ1) is 10.3. The Bertz CT molecular complexity index is 536. The third kappa shape index (κ3) is 2.06. The first-order chi connectivity index (χ1) is 7.18. The van der Waals surface area contributed by atoms with E-state index in [1.165, 1.54) is 0 Å². The molecule has 0 amide bonds. The van der Waals surface area contributed by atoms with Crippen LogP contribution in [0.25, 0.3) is 11.4 Å². The van der Waals surface area contributed by atoms with Crippen LogP contribution >= 0.6 is 22.6 Å². The molecule has 1 N–H and O–H groups in total. The van der Waals surface area contributed by atoms with Gasteiger partial charge in [-0.2, -0.15) is 0 Å². The molecule has 0 unspecified atom stereocenters. The number of aromatic nitrogens is 3. The highest BCUT2D eigenvalue weighted by Gasteiger charge is 2.06. The molecule has 0 spiro atoms. The Labute approximate surface area is 99.9 Å². The maximum atomic E-state index is 11.5. The summed E-state index contributed by atoms with van der Waals surface area (Å²) in [5, 5.41) is 0. The highest BCUT2D eigenvalue weighted by atomic mass is 127. The fourth-order valence-electron chi connectivity index (χ4n) is 1.21. The zero-order valence-corrected chi connectivity index (χ0v) is 10.1. The van der Waals surface area contributed by atoms with Crippen molar-refractivity contribution in [2.75, 3.05) is 0 Å². The van der Waals surface area contributed by atoms with Gasteiger partial charge in [0.05, 0.1) is 9.26 Å². The molecule has 0 radical (unpaired) electrons. The maximum absolute atomic E-state index is 11.5. The minimum atomic E-state index is -0.109. The van der Waals surface area contributed by atoms with E-state index in [1.807, 2.05) is 41.6 Å². The summed E-state index contributed by atoms with van der Waals surface area (Å²) >= 11 is 1.98.